The molecule has 1 N–H and O–H groups in total. The highest BCUT2D eigenvalue weighted by Crippen LogP contribution is 2.18. The predicted octanol–water partition coefficient (Wildman–Crippen LogP) is 0.747. The number of nitrogens with zero attached hydrogens (tertiary/aromatic N) is 2. The highest BCUT2D eigenvalue weighted by Gasteiger charge is 2.23. The summed E-state index contributed by atoms with van der Waals surface area (Å²) < 4.78 is 0. The molecular formula is C11H19N3O. The van der Waals surface area contributed by atoms with Crippen LogP contribution in [0.5, 0.6) is 0 Å². The van der Waals surface area contributed by atoms with Gasteiger partial charge >= 0.3 is 0 Å². The molecule has 1 aliphatic rings. The summed E-state index contributed by atoms with van der Waals surface area (Å²) >= 11 is 0. The fourth-order valence-electron chi connectivity index (χ4n) is 1.44. The van der Waals surface area contributed by atoms with Crippen LogP contribution in [0.1, 0.15) is 26.7 Å². The van der Waals surface area contributed by atoms with Gasteiger partial charge in [0.2, 0.25) is 5.91 Å². The molecule has 15 heavy (non-hydrogen) atoms. The zero-order valence-corrected chi connectivity index (χ0v) is 9.49. The molecule has 0 bridgehead atoms. The second kappa shape index (κ2) is 5.72. The zero-order chi connectivity index (χ0) is 11.3. The Morgan fingerprint density at radius 2 is 2.33 bits per heavy atom. The van der Waals surface area contributed by atoms with Crippen molar-refractivity contribution in [2.75, 3.05) is 19.6 Å². The Labute approximate surface area is 91.2 Å². The van der Waals surface area contributed by atoms with Gasteiger partial charge in [0.25, 0.3) is 0 Å². The van der Waals surface area contributed by atoms with Gasteiger partial charge in [-0.2, -0.15) is 5.26 Å². The van der Waals surface area contributed by atoms with Crippen molar-refractivity contribution >= 4 is 5.91 Å². The van der Waals surface area contributed by atoms with Gasteiger partial charge in [-0.1, -0.05) is 6.92 Å². The second-order valence-corrected chi connectivity index (χ2v) is 4.20. The molecular weight excluding hydrogens is 190 g/mol. The molecule has 1 fully saturated rings. The van der Waals surface area contributed by atoms with Gasteiger partial charge in [0, 0.05) is 12.6 Å². The van der Waals surface area contributed by atoms with Crippen LogP contribution in [0.3, 0.4) is 0 Å². The Bertz CT molecular complexity index is 255. The molecule has 1 saturated carbocycles. The summed E-state index contributed by atoms with van der Waals surface area (Å²) in [6.45, 7) is 5.78. The highest BCUT2D eigenvalue weighted by atomic mass is 16.2. The van der Waals surface area contributed by atoms with Crippen LogP contribution >= 0.6 is 0 Å². The third-order valence-electron chi connectivity index (χ3n) is 2.51. The normalized spacial score (nSPS) is 17.2. The Morgan fingerprint density at radius 1 is 1.67 bits per heavy atom. The first kappa shape index (κ1) is 12.0. The molecule has 4 nitrogen and oxygen atoms in total. The average molecular weight is 209 g/mol. The Hall–Kier alpha value is -1.08. The number of amides is 1. The summed E-state index contributed by atoms with van der Waals surface area (Å²) in [7, 11) is 0. The van der Waals surface area contributed by atoms with E-state index in [2.05, 4.69) is 11.4 Å². The fraction of sp³-hybridized carbons (Fsp3) is 0.818. The fourth-order valence-corrected chi connectivity index (χ4v) is 1.44. The van der Waals surface area contributed by atoms with Crippen molar-refractivity contribution in [2.24, 2.45) is 5.92 Å². The number of nitriles is 1. The standard InChI is InChI=1S/C11H19N3O/c1-3-14(7-9(2)6-12)8-11(15)13-10-4-5-10/h9-10H,3-5,7-8H2,1-2H3,(H,13,15). The minimum atomic E-state index is -0.0151. The van der Waals surface area contributed by atoms with Crippen molar-refractivity contribution in [2.45, 2.75) is 32.7 Å². The van der Waals surface area contributed by atoms with E-state index in [1.54, 1.807) is 0 Å². The van der Waals surface area contributed by atoms with E-state index >= 15 is 0 Å². The van der Waals surface area contributed by atoms with Crippen molar-refractivity contribution in [1.82, 2.24) is 10.2 Å². The van der Waals surface area contributed by atoms with Gasteiger partial charge in [-0.3, -0.25) is 9.69 Å². The van der Waals surface area contributed by atoms with E-state index in [0.29, 0.717) is 19.1 Å². The third kappa shape index (κ3) is 4.80. The van der Waals surface area contributed by atoms with Crippen LogP contribution < -0.4 is 5.32 Å². The molecule has 0 saturated heterocycles. The van der Waals surface area contributed by atoms with Crippen LogP contribution in [0.15, 0.2) is 0 Å². The Balaban J connectivity index is 2.25. The lowest BCUT2D eigenvalue weighted by Gasteiger charge is -2.20. The van der Waals surface area contributed by atoms with Gasteiger partial charge in [-0.15, -0.1) is 0 Å². The van der Waals surface area contributed by atoms with Crippen molar-refractivity contribution in [1.29, 1.82) is 5.26 Å². The van der Waals surface area contributed by atoms with Gasteiger partial charge < -0.3 is 5.32 Å². The van der Waals surface area contributed by atoms with Crippen molar-refractivity contribution in [3.8, 4) is 6.07 Å². The predicted molar refractivity (Wildman–Crippen MR) is 58.1 cm³/mol. The van der Waals surface area contributed by atoms with E-state index in [4.69, 9.17) is 5.26 Å². The van der Waals surface area contributed by atoms with Crippen LogP contribution in [0.2, 0.25) is 0 Å². The molecule has 1 amide bonds. The van der Waals surface area contributed by atoms with E-state index in [-0.39, 0.29) is 11.8 Å². The maximum absolute atomic E-state index is 11.5. The lowest BCUT2D eigenvalue weighted by molar-refractivity contribution is -0.122. The number of carbonyl (C=O) groups excluding carboxylic acids is 1. The van der Waals surface area contributed by atoms with E-state index in [0.717, 1.165) is 19.4 Å². The largest absolute Gasteiger partial charge is 0.352 e. The average Bonchev–Trinajstić information content (AvgIpc) is 3.00. The maximum Gasteiger partial charge on any atom is 0.234 e. The molecule has 1 rings (SSSR count). The Kier molecular flexibility index (Phi) is 4.57. The van der Waals surface area contributed by atoms with E-state index < -0.39 is 0 Å². The quantitative estimate of drug-likeness (QED) is 0.702. The first-order chi connectivity index (χ1) is 7.15. The number of nitrogens with one attached hydrogen (secondary N) is 1. The molecule has 0 aromatic carbocycles. The molecule has 84 valence electrons. The Morgan fingerprint density at radius 3 is 2.80 bits per heavy atom. The molecule has 4 heteroatoms. The topological polar surface area (TPSA) is 56.1 Å². The van der Waals surface area contributed by atoms with E-state index in [1.807, 2.05) is 18.7 Å². The number of hydrogen-bond donors (Lipinski definition) is 1. The maximum atomic E-state index is 11.5. The second-order valence-electron chi connectivity index (χ2n) is 4.20. The van der Waals surface area contributed by atoms with Gasteiger partial charge in [0.05, 0.1) is 18.5 Å². The summed E-state index contributed by atoms with van der Waals surface area (Å²) in [5.74, 6) is 0.0724. The summed E-state index contributed by atoms with van der Waals surface area (Å²) in [5.41, 5.74) is 0. The minimum absolute atomic E-state index is 0.0151. The molecule has 0 aliphatic heterocycles. The van der Waals surface area contributed by atoms with Crippen LogP contribution in [-0.2, 0) is 4.79 Å². The van der Waals surface area contributed by atoms with Crippen molar-refractivity contribution in [3.05, 3.63) is 0 Å². The smallest absolute Gasteiger partial charge is 0.234 e. The number of hydrogen-bond acceptors (Lipinski definition) is 3. The van der Waals surface area contributed by atoms with Gasteiger partial charge in [0.15, 0.2) is 0 Å². The van der Waals surface area contributed by atoms with Gasteiger partial charge in [-0.25, -0.2) is 0 Å². The summed E-state index contributed by atoms with van der Waals surface area (Å²) in [6, 6.07) is 2.60. The molecule has 1 unspecified atom stereocenters. The summed E-state index contributed by atoms with van der Waals surface area (Å²) in [4.78, 5) is 13.5. The monoisotopic (exact) mass is 209 g/mol. The zero-order valence-electron chi connectivity index (χ0n) is 9.49. The lowest BCUT2D eigenvalue weighted by Crippen LogP contribution is -2.39. The number of rotatable bonds is 6. The molecule has 0 aromatic heterocycles. The SMILES string of the molecule is CCN(CC(=O)NC1CC1)CC(C)C#N. The van der Waals surface area contributed by atoms with Crippen molar-refractivity contribution in [3.63, 3.8) is 0 Å². The third-order valence-corrected chi connectivity index (χ3v) is 2.51. The summed E-state index contributed by atoms with van der Waals surface area (Å²) in [5, 5.41) is 11.6. The number of likely N-dealkylation sites (N-methyl/N-ethyl adjacent to an activating group) is 1. The molecule has 1 atom stereocenters. The van der Waals surface area contributed by atoms with Crippen molar-refractivity contribution < 1.29 is 4.79 Å². The molecule has 0 heterocycles. The van der Waals surface area contributed by atoms with Gasteiger partial charge in [-0.05, 0) is 26.3 Å². The summed E-state index contributed by atoms with van der Waals surface area (Å²) in [6.07, 6.45) is 2.24. The molecule has 0 aromatic rings. The first-order valence-electron chi connectivity index (χ1n) is 5.57. The molecule has 0 spiro atoms. The van der Waals surface area contributed by atoms with E-state index in [1.165, 1.54) is 0 Å². The van der Waals surface area contributed by atoms with Crippen LogP contribution in [-0.4, -0.2) is 36.5 Å². The van der Waals surface area contributed by atoms with Gasteiger partial charge in [0.1, 0.15) is 0 Å². The van der Waals surface area contributed by atoms with Crippen LogP contribution in [0.4, 0.5) is 0 Å². The minimum Gasteiger partial charge on any atom is -0.352 e. The highest BCUT2D eigenvalue weighted by molar-refractivity contribution is 5.78. The first-order valence-corrected chi connectivity index (χ1v) is 5.57. The van der Waals surface area contributed by atoms with Crippen LogP contribution in [0.25, 0.3) is 0 Å². The molecule has 0 radical (unpaired) electrons. The van der Waals surface area contributed by atoms with E-state index in [9.17, 15) is 4.79 Å². The molecule has 1 aliphatic carbocycles. The van der Waals surface area contributed by atoms with Crippen LogP contribution in [0, 0.1) is 17.2 Å². The lowest BCUT2D eigenvalue weighted by atomic mass is 10.2. The number of carbonyl (C=O) groups is 1.